The van der Waals surface area contributed by atoms with Crippen LogP contribution >= 0.6 is 0 Å². The molecule has 0 saturated carbocycles. The highest BCUT2D eigenvalue weighted by Crippen LogP contribution is 2.40. The molecular weight excluding hydrogens is 835 g/mol. The molecule has 0 spiro atoms. The molecule has 6 nitrogen and oxygen atoms in total. The van der Waals surface area contributed by atoms with E-state index in [2.05, 4.69) is 114 Å². The highest BCUT2D eigenvalue weighted by molar-refractivity contribution is 6.02. The minimum atomic E-state index is 0. The van der Waals surface area contributed by atoms with Crippen molar-refractivity contribution in [2.45, 2.75) is 74.1 Å². The Morgan fingerprint density at radius 2 is 0.897 bits per heavy atom. The molecule has 68 heavy (non-hydrogen) atoms. The second-order valence-corrected chi connectivity index (χ2v) is 17.3. The molecule has 0 amide bonds. The van der Waals surface area contributed by atoms with Crippen LogP contribution in [0, 0.1) is 6.92 Å². The third-order valence-electron chi connectivity index (χ3n) is 13.4. The SMILES string of the molecule is C.C.C.CC(C1=CCc2ccccc21)c1[nH]c2ccccc2c1C=O.Cc1ccc2c(c1)CC=C2Cc1[nH]c2ccccc2c1C=O.O=Cc1c(CC2=CCc3ccccc32)[nH]c2ccccc12. The number of hydrogen-bond acceptors (Lipinski definition) is 3. The lowest BCUT2D eigenvalue weighted by atomic mass is 9.91. The molecule has 0 bridgehead atoms. The van der Waals surface area contributed by atoms with Gasteiger partial charge in [0.2, 0.25) is 0 Å². The number of aromatic nitrogens is 3. The summed E-state index contributed by atoms with van der Waals surface area (Å²) in [5, 5.41) is 3.02. The summed E-state index contributed by atoms with van der Waals surface area (Å²) in [6.45, 7) is 4.30. The van der Waals surface area contributed by atoms with Crippen LogP contribution in [-0.2, 0) is 32.1 Å². The number of aldehydes is 3. The summed E-state index contributed by atoms with van der Waals surface area (Å²) >= 11 is 0. The van der Waals surface area contributed by atoms with Gasteiger partial charge in [-0.05, 0) is 94.5 Å². The number of carbonyl (C=O) groups is 3. The third-order valence-corrected chi connectivity index (χ3v) is 13.4. The Morgan fingerprint density at radius 1 is 0.471 bits per heavy atom. The van der Waals surface area contributed by atoms with E-state index in [1.54, 1.807) is 0 Å². The number of benzene rings is 6. The summed E-state index contributed by atoms with van der Waals surface area (Å²) in [6, 6.07) is 47.6. The Labute approximate surface area is 400 Å². The van der Waals surface area contributed by atoms with E-state index in [-0.39, 0.29) is 28.2 Å². The summed E-state index contributed by atoms with van der Waals surface area (Å²) < 4.78 is 0. The topological polar surface area (TPSA) is 98.6 Å². The van der Waals surface area contributed by atoms with Crippen LogP contribution < -0.4 is 0 Å². The molecule has 6 heteroatoms. The molecule has 3 heterocycles. The first kappa shape index (κ1) is 48.1. The predicted octanol–water partition coefficient (Wildman–Crippen LogP) is 15.3. The van der Waals surface area contributed by atoms with Gasteiger partial charge in [-0.2, -0.15) is 0 Å². The van der Waals surface area contributed by atoms with Crippen LogP contribution in [0.1, 0.15) is 122 Å². The van der Waals surface area contributed by atoms with Gasteiger partial charge in [0.15, 0.2) is 18.9 Å². The standard InChI is InChI=1S/2C20H17NO.C19H15NO.3CH4/c1-13(15-11-10-14-6-2-3-7-16(14)15)20-18(12-22)17-8-4-5-9-19(17)21-20;1-13-6-9-16-14(10-13)7-8-15(16)11-20-18(12-22)17-4-2-3-5-19(17)21-20;21-12-17-16-7-3-4-8-18(16)20-19(17)11-14-10-9-13-5-1-2-6-15(13)14;;;/h2-9,11-13,21H,10H2,1H3;2-6,8-10,12,21H,7,11H2,1H3;1-8,10,12,20H,9,11H2;3*1H4. The first-order chi connectivity index (χ1) is 31.9. The Bertz CT molecular complexity index is 3400. The smallest absolute Gasteiger partial charge is 0.152 e. The minimum Gasteiger partial charge on any atom is -0.358 e. The van der Waals surface area contributed by atoms with Crippen molar-refractivity contribution in [1.29, 1.82) is 0 Å². The van der Waals surface area contributed by atoms with Crippen molar-refractivity contribution in [3.63, 3.8) is 0 Å². The highest BCUT2D eigenvalue weighted by atomic mass is 16.1. The van der Waals surface area contributed by atoms with Crippen LogP contribution in [0.25, 0.3) is 49.4 Å². The summed E-state index contributed by atoms with van der Waals surface area (Å²) in [6.07, 6.45) is 14.3. The molecule has 9 aromatic rings. The van der Waals surface area contributed by atoms with E-state index >= 15 is 0 Å². The predicted molar refractivity (Wildman–Crippen MR) is 286 cm³/mol. The summed E-state index contributed by atoms with van der Waals surface area (Å²) in [7, 11) is 0. The van der Waals surface area contributed by atoms with Crippen molar-refractivity contribution < 1.29 is 14.4 Å². The quantitative estimate of drug-likeness (QED) is 0.126. The fraction of sp³-hybridized carbons (Fsp3) is 0.177. The van der Waals surface area contributed by atoms with Crippen LogP contribution in [0.15, 0.2) is 158 Å². The van der Waals surface area contributed by atoms with Crippen molar-refractivity contribution >= 4 is 68.3 Å². The lowest BCUT2D eigenvalue weighted by Gasteiger charge is -2.14. The van der Waals surface area contributed by atoms with Gasteiger partial charge in [0.25, 0.3) is 0 Å². The second kappa shape index (κ2) is 20.8. The number of allylic oxidation sites excluding steroid dienone is 6. The van der Waals surface area contributed by atoms with Gasteiger partial charge < -0.3 is 15.0 Å². The first-order valence-electron chi connectivity index (χ1n) is 22.4. The third kappa shape index (κ3) is 9.02. The monoisotopic (exact) mass is 895 g/mol. The Balaban J connectivity index is 0.000000148. The molecule has 342 valence electrons. The molecular formula is C62H61N3O3. The molecule has 0 saturated heterocycles. The van der Waals surface area contributed by atoms with Gasteiger partial charge in [0, 0.05) is 85.2 Å². The number of carbonyl (C=O) groups excluding carboxylic acids is 3. The summed E-state index contributed by atoms with van der Waals surface area (Å²) in [5.41, 5.74) is 21.8. The number of hydrogen-bond donors (Lipinski definition) is 3. The van der Waals surface area contributed by atoms with Crippen LogP contribution in [0.4, 0.5) is 0 Å². The molecule has 0 fully saturated rings. The van der Waals surface area contributed by atoms with Gasteiger partial charge in [0.1, 0.15) is 0 Å². The number of para-hydroxylation sites is 3. The fourth-order valence-electron chi connectivity index (χ4n) is 10.1. The van der Waals surface area contributed by atoms with Crippen LogP contribution in [0.3, 0.4) is 0 Å². The van der Waals surface area contributed by atoms with E-state index in [4.69, 9.17) is 0 Å². The van der Waals surface area contributed by atoms with E-state index in [1.165, 1.54) is 55.7 Å². The van der Waals surface area contributed by atoms with Crippen molar-refractivity contribution in [1.82, 2.24) is 15.0 Å². The average molecular weight is 896 g/mol. The maximum atomic E-state index is 11.6. The molecule has 3 aliphatic carbocycles. The molecule has 1 atom stereocenters. The Kier molecular flexibility index (Phi) is 14.7. The van der Waals surface area contributed by atoms with Gasteiger partial charge in [-0.1, -0.05) is 174 Å². The van der Waals surface area contributed by atoms with Crippen LogP contribution in [0.2, 0.25) is 0 Å². The van der Waals surface area contributed by atoms with Crippen LogP contribution in [0.5, 0.6) is 0 Å². The number of H-pyrrole nitrogens is 3. The van der Waals surface area contributed by atoms with E-state index in [1.807, 2.05) is 72.8 Å². The molecule has 1 unspecified atom stereocenters. The van der Waals surface area contributed by atoms with Gasteiger partial charge in [0.05, 0.1) is 0 Å². The number of nitrogens with one attached hydrogen (secondary N) is 3. The zero-order chi connectivity index (χ0) is 44.4. The maximum Gasteiger partial charge on any atom is 0.152 e. The summed E-state index contributed by atoms with van der Waals surface area (Å²) in [4.78, 5) is 44.9. The van der Waals surface area contributed by atoms with Crippen molar-refractivity contribution in [3.05, 3.63) is 230 Å². The highest BCUT2D eigenvalue weighted by Gasteiger charge is 2.25. The van der Waals surface area contributed by atoms with E-state index in [9.17, 15) is 14.4 Å². The molecule has 3 N–H and O–H groups in total. The normalized spacial score (nSPS) is 13.1. The van der Waals surface area contributed by atoms with Crippen molar-refractivity contribution in [2.75, 3.05) is 0 Å². The number of aryl methyl sites for hydroxylation is 1. The second-order valence-electron chi connectivity index (χ2n) is 17.3. The van der Waals surface area contributed by atoms with Gasteiger partial charge in [-0.3, -0.25) is 14.4 Å². The molecule has 3 aliphatic rings. The molecule has 12 rings (SSSR count). The molecule has 6 aromatic carbocycles. The van der Waals surface area contributed by atoms with Crippen LogP contribution in [-0.4, -0.2) is 33.8 Å². The number of fused-ring (bicyclic) bond motifs is 6. The zero-order valence-corrected chi connectivity index (χ0v) is 36.6. The summed E-state index contributed by atoms with van der Waals surface area (Å²) in [5.74, 6) is 0.177. The molecule has 0 radical (unpaired) electrons. The maximum absolute atomic E-state index is 11.6. The van der Waals surface area contributed by atoms with E-state index < -0.39 is 0 Å². The van der Waals surface area contributed by atoms with Gasteiger partial charge >= 0.3 is 0 Å². The van der Waals surface area contributed by atoms with Gasteiger partial charge in [-0.25, -0.2) is 0 Å². The fourth-order valence-corrected chi connectivity index (χ4v) is 10.1. The molecule has 0 aliphatic heterocycles. The largest absolute Gasteiger partial charge is 0.358 e. The molecule has 3 aromatic heterocycles. The number of aromatic amines is 3. The van der Waals surface area contributed by atoms with E-state index in [0.717, 1.165) is 117 Å². The Hall–Kier alpha value is -7.83. The lowest BCUT2D eigenvalue weighted by Crippen LogP contribution is -2.00. The lowest BCUT2D eigenvalue weighted by molar-refractivity contribution is 0.111. The zero-order valence-electron chi connectivity index (χ0n) is 36.6. The first-order valence-corrected chi connectivity index (χ1v) is 22.4. The van der Waals surface area contributed by atoms with E-state index in [0.29, 0.717) is 0 Å². The van der Waals surface area contributed by atoms with Crippen molar-refractivity contribution in [2.24, 2.45) is 0 Å². The average Bonchev–Trinajstić information content (AvgIpc) is 4.21. The van der Waals surface area contributed by atoms with Crippen molar-refractivity contribution in [3.8, 4) is 0 Å². The number of rotatable bonds is 9. The minimum absolute atomic E-state index is 0. The van der Waals surface area contributed by atoms with Gasteiger partial charge in [-0.15, -0.1) is 0 Å². The Morgan fingerprint density at radius 3 is 1.46 bits per heavy atom.